The molecule has 0 amide bonds. The molecule has 2 heterocycles. The van der Waals surface area contributed by atoms with Crippen molar-refractivity contribution in [3.8, 4) is 11.5 Å². The van der Waals surface area contributed by atoms with Gasteiger partial charge in [-0.1, -0.05) is 29.8 Å². The number of hydrogen-bond acceptors (Lipinski definition) is 6. The fourth-order valence-electron chi connectivity index (χ4n) is 4.19. The normalized spacial score (nSPS) is 28.1. The molecule has 2 aromatic carbocycles. The largest absolute Gasteiger partial charge is 0.494 e. The summed E-state index contributed by atoms with van der Waals surface area (Å²) < 4.78 is 17.2. The Labute approximate surface area is 181 Å². The summed E-state index contributed by atoms with van der Waals surface area (Å²) in [5, 5.41) is 31.5. The Morgan fingerprint density at radius 3 is 2.53 bits per heavy atom. The average molecular weight is 435 g/mol. The van der Waals surface area contributed by atoms with Gasteiger partial charge in [-0.3, -0.25) is 0 Å². The Kier molecular flexibility index (Phi) is 6.23. The first-order chi connectivity index (χ1) is 14.4. The number of aliphatic hydroxyl groups is 3. The van der Waals surface area contributed by atoms with E-state index in [4.69, 9.17) is 25.8 Å². The van der Waals surface area contributed by atoms with Crippen molar-refractivity contribution in [1.82, 2.24) is 0 Å². The third-order valence-corrected chi connectivity index (χ3v) is 6.23. The van der Waals surface area contributed by atoms with Crippen LogP contribution in [0.4, 0.5) is 0 Å². The first kappa shape index (κ1) is 21.4. The van der Waals surface area contributed by atoms with Crippen LogP contribution in [0.3, 0.4) is 0 Å². The molecule has 2 aliphatic rings. The molecule has 0 saturated carbocycles. The number of benzene rings is 2. The second kappa shape index (κ2) is 8.73. The van der Waals surface area contributed by atoms with Crippen LogP contribution >= 0.6 is 11.6 Å². The fourth-order valence-corrected chi connectivity index (χ4v) is 4.48. The molecule has 0 radical (unpaired) electrons. The van der Waals surface area contributed by atoms with E-state index in [0.717, 1.165) is 28.0 Å². The van der Waals surface area contributed by atoms with E-state index in [2.05, 4.69) is 0 Å². The van der Waals surface area contributed by atoms with Crippen LogP contribution in [0.25, 0.3) is 0 Å². The second-order valence-corrected chi connectivity index (χ2v) is 8.21. The quantitative estimate of drug-likeness (QED) is 0.670. The van der Waals surface area contributed by atoms with Gasteiger partial charge in [0, 0.05) is 12.0 Å². The minimum absolute atomic E-state index is 0.498. The van der Waals surface area contributed by atoms with Crippen LogP contribution in [0, 0.1) is 0 Å². The number of ether oxygens (including phenoxy) is 3. The summed E-state index contributed by atoms with van der Waals surface area (Å²) in [6.45, 7) is 4.73. The summed E-state index contributed by atoms with van der Waals surface area (Å²) in [5.41, 5.74) is 3.53. The lowest BCUT2D eigenvalue weighted by Gasteiger charge is -2.40. The van der Waals surface area contributed by atoms with E-state index in [1.165, 1.54) is 0 Å². The zero-order valence-electron chi connectivity index (χ0n) is 17.0. The molecule has 7 heteroatoms. The molecular formula is C23H27ClO6. The van der Waals surface area contributed by atoms with Gasteiger partial charge in [-0.25, -0.2) is 0 Å². The maximum atomic E-state index is 10.6. The summed E-state index contributed by atoms with van der Waals surface area (Å²) in [4.78, 5) is 0. The monoisotopic (exact) mass is 434 g/mol. The van der Waals surface area contributed by atoms with Gasteiger partial charge in [0.15, 0.2) is 0 Å². The van der Waals surface area contributed by atoms with Gasteiger partial charge in [-0.05, 0) is 49.1 Å². The lowest BCUT2D eigenvalue weighted by molar-refractivity contribution is -0.219. The number of halogens is 1. The molecule has 1 saturated heterocycles. The molecule has 0 aromatic heterocycles. The highest BCUT2D eigenvalue weighted by molar-refractivity contribution is 6.33. The topological polar surface area (TPSA) is 88.4 Å². The van der Waals surface area contributed by atoms with Crippen molar-refractivity contribution in [1.29, 1.82) is 0 Å². The zero-order valence-corrected chi connectivity index (χ0v) is 17.8. The first-order valence-electron chi connectivity index (χ1n) is 10.3. The molecule has 2 aromatic rings. The van der Waals surface area contributed by atoms with Crippen molar-refractivity contribution in [3.63, 3.8) is 0 Å². The van der Waals surface area contributed by atoms with Gasteiger partial charge in [0.2, 0.25) is 0 Å². The van der Waals surface area contributed by atoms with Crippen LogP contribution in [-0.4, -0.2) is 52.9 Å². The maximum Gasteiger partial charge on any atom is 0.141 e. The minimum Gasteiger partial charge on any atom is -0.494 e. The zero-order chi connectivity index (χ0) is 21.4. The third-order valence-electron chi connectivity index (χ3n) is 5.82. The van der Waals surface area contributed by atoms with Gasteiger partial charge in [0.05, 0.1) is 24.3 Å². The van der Waals surface area contributed by atoms with Crippen molar-refractivity contribution in [2.75, 3.05) is 13.2 Å². The number of aliphatic hydroxyl groups excluding tert-OH is 3. The number of rotatable bonds is 5. The molecule has 0 bridgehead atoms. The third kappa shape index (κ3) is 3.90. The summed E-state index contributed by atoms with van der Waals surface area (Å²) in [6, 6.07) is 9.75. The molecule has 5 atom stereocenters. The Hall–Kier alpha value is -1.83. The predicted molar refractivity (Wildman–Crippen MR) is 112 cm³/mol. The maximum absolute atomic E-state index is 10.6. The van der Waals surface area contributed by atoms with Crippen LogP contribution in [0.1, 0.15) is 42.2 Å². The Morgan fingerprint density at radius 2 is 1.83 bits per heavy atom. The van der Waals surface area contributed by atoms with Crippen LogP contribution < -0.4 is 9.47 Å². The molecule has 0 spiro atoms. The highest BCUT2D eigenvalue weighted by Gasteiger charge is 2.44. The molecule has 6 nitrogen and oxygen atoms in total. The Balaban J connectivity index is 1.69. The van der Waals surface area contributed by atoms with Gasteiger partial charge in [0.1, 0.15) is 35.9 Å². The Bertz CT molecular complexity index is 900. The summed E-state index contributed by atoms with van der Waals surface area (Å²) in [7, 11) is 0. The highest BCUT2D eigenvalue weighted by Crippen LogP contribution is 2.44. The Morgan fingerprint density at radius 1 is 1.10 bits per heavy atom. The van der Waals surface area contributed by atoms with Crippen molar-refractivity contribution < 1.29 is 29.5 Å². The van der Waals surface area contributed by atoms with Crippen LogP contribution in [-0.2, 0) is 17.6 Å². The van der Waals surface area contributed by atoms with Gasteiger partial charge >= 0.3 is 0 Å². The highest BCUT2D eigenvalue weighted by atomic mass is 35.5. The lowest BCUT2D eigenvalue weighted by atomic mass is 9.87. The summed E-state index contributed by atoms with van der Waals surface area (Å²) in [5.74, 6) is 1.42. The fraction of sp³-hybridized carbons (Fsp3) is 0.478. The molecule has 30 heavy (non-hydrogen) atoms. The molecule has 4 rings (SSSR count). The van der Waals surface area contributed by atoms with Crippen LogP contribution in [0.15, 0.2) is 30.3 Å². The molecular weight excluding hydrogens is 408 g/mol. The first-order valence-corrected chi connectivity index (χ1v) is 10.7. The lowest BCUT2D eigenvalue weighted by Crippen LogP contribution is -2.53. The van der Waals surface area contributed by atoms with Gasteiger partial charge in [-0.15, -0.1) is 0 Å². The van der Waals surface area contributed by atoms with Gasteiger partial charge in [0.25, 0.3) is 0 Å². The molecule has 0 aliphatic carbocycles. The average Bonchev–Trinajstić information content (AvgIpc) is 3.23. The van der Waals surface area contributed by atoms with Gasteiger partial charge in [-0.2, -0.15) is 0 Å². The van der Waals surface area contributed by atoms with Crippen LogP contribution in [0.5, 0.6) is 11.5 Å². The van der Waals surface area contributed by atoms with E-state index in [1.54, 1.807) is 6.92 Å². The van der Waals surface area contributed by atoms with Crippen LogP contribution in [0.2, 0.25) is 5.02 Å². The summed E-state index contributed by atoms with van der Waals surface area (Å²) >= 11 is 6.67. The standard InChI is InChI=1S/C23H27ClO6/c1-3-28-15-6-4-13(5-7-15)10-14-11-17(16-8-9-29-22(16)18(14)24)23-21(27)20(26)19(25)12(2)30-23/h4-7,11-12,19-21,23,25-27H,3,8-10H2,1-2H3. The van der Waals surface area contributed by atoms with E-state index in [1.807, 2.05) is 37.3 Å². The number of fused-ring (bicyclic) bond motifs is 1. The van der Waals surface area contributed by atoms with E-state index < -0.39 is 30.5 Å². The molecule has 162 valence electrons. The van der Waals surface area contributed by atoms with E-state index in [-0.39, 0.29) is 0 Å². The van der Waals surface area contributed by atoms with Crippen molar-refractivity contribution in [3.05, 3.63) is 57.6 Å². The SMILES string of the molecule is CCOc1ccc(Cc2cc(C3OC(C)C(O)C(O)C3O)c3c(c2Cl)OCC3)cc1. The van der Waals surface area contributed by atoms with Gasteiger partial charge < -0.3 is 29.5 Å². The van der Waals surface area contributed by atoms with Crippen molar-refractivity contribution in [2.45, 2.75) is 57.2 Å². The summed E-state index contributed by atoms with van der Waals surface area (Å²) in [6.07, 6.45) is -3.86. The van der Waals surface area contributed by atoms with E-state index >= 15 is 0 Å². The molecule has 1 fully saturated rings. The minimum atomic E-state index is -1.29. The predicted octanol–water partition coefficient (Wildman–Crippen LogP) is 2.81. The molecule has 5 unspecified atom stereocenters. The van der Waals surface area contributed by atoms with E-state index in [0.29, 0.717) is 36.8 Å². The smallest absolute Gasteiger partial charge is 0.141 e. The van der Waals surface area contributed by atoms with Crippen molar-refractivity contribution >= 4 is 11.6 Å². The van der Waals surface area contributed by atoms with Crippen molar-refractivity contribution in [2.24, 2.45) is 0 Å². The molecule has 2 aliphatic heterocycles. The molecule has 3 N–H and O–H groups in total. The second-order valence-electron chi connectivity index (χ2n) is 7.83. The van der Waals surface area contributed by atoms with E-state index in [9.17, 15) is 15.3 Å². The number of hydrogen-bond donors (Lipinski definition) is 3.